The van der Waals surface area contributed by atoms with Crippen molar-refractivity contribution in [2.24, 2.45) is 0 Å². The Hall–Kier alpha value is -0.820. The van der Waals surface area contributed by atoms with Crippen LogP contribution in [0.1, 0.15) is 10.4 Å². The number of methoxy groups -OCH3 is 1. The van der Waals surface area contributed by atoms with Gasteiger partial charge < -0.3 is 4.74 Å². The summed E-state index contributed by atoms with van der Waals surface area (Å²) in [6.07, 6.45) is 0. The van der Waals surface area contributed by atoms with Crippen LogP contribution in [0.15, 0.2) is 17.0 Å². The Kier molecular flexibility index (Phi) is 4.37. The van der Waals surface area contributed by atoms with Crippen LogP contribution in [-0.4, -0.2) is 28.5 Å². The van der Waals surface area contributed by atoms with E-state index < -0.39 is 16.0 Å². The van der Waals surface area contributed by atoms with Crippen molar-refractivity contribution in [1.82, 2.24) is 4.72 Å². The summed E-state index contributed by atoms with van der Waals surface area (Å²) in [5.41, 5.74) is -0.0626. The van der Waals surface area contributed by atoms with Crippen LogP contribution < -0.4 is 4.72 Å². The van der Waals surface area contributed by atoms with Gasteiger partial charge in [-0.25, -0.2) is 17.9 Å². The van der Waals surface area contributed by atoms with Crippen molar-refractivity contribution in [3.05, 3.63) is 27.7 Å². The van der Waals surface area contributed by atoms with E-state index in [0.717, 1.165) is 6.07 Å². The van der Waals surface area contributed by atoms with Gasteiger partial charge in [0.15, 0.2) is 0 Å². The Morgan fingerprint density at radius 2 is 1.88 bits per heavy atom. The highest BCUT2D eigenvalue weighted by Crippen LogP contribution is 2.28. The first-order chi connectivity index (χ1) is 7.83. The maximum atomic E-state index is 11.6. The van der Waals surface area contributed by atoms with E-state index in [1.165, 1.54) is 20.2 Å². The third-order valence-electron chi connectivity index (χ3n) is 1.99. The number of carbonyl (C=O) groups is 1. The molecule has 8 heteroatoms. The summed E-state index contributed by atoms with van der Waals surface area (Å²) in [5, 5.41) is -0.0473. The van der Waals surface area contributed by atoms with Crippen molar-refractivity contribution in [2.45, 2.75) is 4.90 Å². The summed E-state index contributed by atoms with van der Waals surface area (Å²) in [7, 11) is -1.36. The van der Waals surface area contributed by atoms with Gasteiger partial charge in [-0.1, -0.05) is 23.2 Å². The average molecular weight is 298 g/mol. The SMILES string of the molecule is CNS(=O)(=O)c1cc(C(=O)OC)c(Cl)cc1Cl. The number of carbonyl (C=O) groups excluding carboxylic acids is 1. The molecule has 0 fully saturated rings. The van der Waals surface area contributed by atoms with Crippen molar-refractivity contribution in [1.29, 1.82) is 0 Å². The number of esters is 1. The largest absolute Gasteiger partial charge is 0.465 e. The molecule has 0 aliphatic carbocycles. The zero-order valence-corrected chi connectivity index (χ0v) is 11.3. The number of hydrogen-bond donors (Lipinski definition) is 1. The first-order valence-corrected chi connectivity index (χ1v) is 6.58. The van der Waals surface area contributed by atoms with Crippen molar-refractivity contribution in [3.8, 4) is 0 Å². The van der Waals surface area contributed by atoms with Crippen LogP contribution in [0.2, 0.25) is 10.0 Å². The van der Waals surface area contributed by atoms with E-state index in [9.17, 15) is 13.2 Å². The predicted octanol–water partition coefficient (Wildman–Crippen LogP) is 1.69. The molecule has 1 rings (SSSR count). The molecule has 0 saturated heterocycles. The quantitative estimate of drug-likeness (QED) is 0.862. The number of hydrogen-bond acceptors (Lipinski definition) is 4. The van der Waals surface area contributed by atoms with E-state index in [4.69, 9.17) is 23.2 Å². The lowest BCUT2D eigenvalue weighted by Crippen LogP contribution is -2.19. The highest BCUT2D eigenvalue weighted by atomic mass is 35.5. The molecule has 1 aromatic carbocycles. The molecule has 0 aliphatic heterocycles. The topological polar surface area (TPSA) is 72.5 Å². The van der Waals surface area contributed by atoms with Crippen molar-refractivity contribution < 1.29 is 17.9 Å². The van der Waals surface area contributed by atoms with Crippen molar-refractivity contribution in [2.75, 3.05) is 14.2 Å². The second-order valence-electron chi connectivity index (χ2n) is 2.96. The normalized spacial score (nSPS) is 11.3. The molecule has 0 atom stereocenters. The molecule has 5 nitrogen and oxygen atoms in total. The minimum Gasteiger partial charge on any atom is -0.465 e. The zero-order valence-electron chi connectivity index (χ0n) is 8.95. The molecule has 1 N–H and O–H groups in total. The molecular weight excluding hydrogens is 289 g/mol. The second-order valence-corrected chi connectivity index (χ2v) is 5.63. The molecule has 0 aromatic heterocycles. The standard InChI is InChI=1S/C9H9Cl2NO4S/c1-12-17(14,15)8-3-5(9(13)16-2)6(10)4-7(8)11/h3-4,12H,1-2H3. The number of halogens is 2. The van der Waals surface area contributed by atoms with Crippen molar-refractivity contribution in [3.63, 3.8) is 0 Å². The summed E-state index contributed by atoms with van der Waals surface area (Å²) in [5.74, 6) is -0.737. The molecule has 0 unspecified atom stereocenters. The van der Waals surface area contributed by atoms with Crippen LogP contribution in [0.4, 0.5) is 0 Å². The van der Waals surface area contributed by atoms with E-state index >= 15 is 0 Å². The molecule has 0 bridgehead atoms. The molecule has 0 heterocycles. The smallest absolute Gasteiger partial charge is 0.339 e. The molecule has 94 valence electrons. The van der Waals surface area contributed by atoms with Gasteiger partial charge in [0.1, 0.15) is 4.90 Å². The maximum absolute atomic E-state index is 11.6. The first kappa shape index (κ1) is 14.2. The van der Waals surface area contributed by atoms with E-state index in [-0.39, 0.29) is 20.5 Å². The molecule has 0 amide bonds. The summed E-state index contributed by atoms with van der Waals surface area (Å²) in [4.78, 5) is 11.1. The third kappa shape index (κ3) is 2.90. The minimum atomic E-state index is -3.76. The summed E-state index contributed by atoms with van der Waals surface area (Å²) >= 11 is 11.5. The lowest BCUT2D eigenvalue weighted by molar-refractivity contribution is 0.0600. The lowest BCUT2D eigenvalue weighted by atomic mass is 10.2. The van der Waals surface area contributed by atoms with Crippen LogP contribution in [0, 0.1) is 0 Å². The van der Waals surface area contributed by atoms with Gasteiger partial charge in [-0.05, 0) is 19.2 Å². The van der Waals surface area contributed by atoms with Gasteiger partial charge in [-0.15, -0.1) is 0 Å². The molecule has 0 spiro atoms. The Morgan fingerprint density at radius 1 is 1.29 bits per heavy atom. The van der Waals surface area contributed by atoms with Crippen LogP contribution in [0.25, 0.3) is 0 Å². The Bertz CT molecular complexity index is 556. The Morgan fingerprint density at radius 3 is 2.35 bits per heavy atom. The van der Waals surface area contributed by atoms with Crippen LogP contribution >= 0.6 is 23.2 Å². The highest BCUT2D eigenvalue weighted by molar-refractivity contribution is 7.89. The number of sulfonamides is 1. The van der Waals surface area contributed by atoms with Gasteiger partial charge in [0.05, 0.1) is 22.7 Å². The molecule has 0 saturated carbocycles. The van der Waals surface area contributed by atoms with Crippen LogP contribution in [-0.2, 0) is 14.8 Å². The monoisotopic (exact) mass is 297 g/mol. The number of nitrogens with one attached hydrogen (secondary N) is 1. The molecule has 1 aromatic rings. The van der Waals surface area contributed by atoms with Gasteiger partial charge in [-0.3, -0.25) is 0 Å². The number of ether oxygens (including phenoxy) is 1. The summed E-state index contributed by atoms with van der Waals surface area (Å²) in [6, 6.07) is 2.25. The fourth-order valence-electron chi connectivity index (χ4n) is 1.11. The van der Waals surface area contributed by atoms with E-state index in [2.05, 4.69) is 9.46 Å². The zero-order chi connectivity index (χ0) is 13.2. The third-order valence-corrected chi connectivity index (χ3v) is 4.18. The average Bonchev–Trinajstić information content (AvgIpc) is 2.27. The number of rotatable bonds is 3. The van der Waals surface area contributed by atoms with Crippen LogP contribution in [0.5, 0.6) is 0 Å². The Balaban J connectivity index is 3.50. The van der Waals surface area contributed by atoms with E-state index in [1.807, 2.05) is 0 Å². The summed E-state index contributed by atoms with van der Waals surface area (Å²) < 4.78 is 29.8. The lowest BCUT2D eigenvalue weighted by Gasteiger charge is -2.08. The first-order valence-electron chi connectivity index (χ1n) is 4.34. The van der Waals surface area contributed by atoms with Crippen LogP contribution in [0.3, 0.4) is 0 Å². The molecule has 17 heavy (non-hydrogen) atoms. The fourth-order valence-corrected chi connectivity index (χ4v) is 2.68. The van der Waals surface area contributed by atoms with Gasteiger partial charge in [0.25, 0.3) is 0 Å². The minimum absolute atomic E-state index is 0.0249. The Labute approximate surface area is 109 Å². The van der Waals surface area contributed by atoms with Crippen molar-refractivity contribution >= 4 is 39.2 Å². The fraction of sp³-hybridized carbons (Fsp3) is 0.222. The molecule has 0 radical (unpaired) electrons. The second kappa shape index (κ2) is 5.22. The number of benzene rings is 1. The predicted molar refractivity (Wildman–Crippen MR) is 64.0 cm³/mol. The van der Waals surface area contributed by atoms with E-state index in [1.54, 1.807) is 0 Å². The van der Waals surface area contributed by atoms with Gasteiger partial charge >= 0.3 is 5.97 Å². The highest BCUT2D eigenvalue weighted by Gasteiger charge is 2.21. The van der Waals surface area contributed by atoms with Gasteiger partial charge in [0, 0.05) is 0 Å². The van der Waals surface area contributed by atoms with Gasteiger partial charge in [-0.2, -0.15) is 0 Å². The van der Waals surface area contributed by atoms with Gasteiger partial charge in [0.2, 0.25) is 10.0 Å². The van der Waals surface area contributed by atoms with E-state index in [0.29, 0.717) is 0 Å². The maximum Gasteiger partial charge on any atom is 0.339 e. The molecule has 0 aliphatic rings. The molecular formula is C9H9Cl2NO4S. The summed E-state index contributed by atoms with van der Waals surface area (Å²) in [6.45, 7) is 0.